The van der Waals surface area contributed by atoms with Gasteiger partial charge in [0.15, 0.2) is 5.76 Å². The Hall–Kier alpha value is -1.18. The molecule has 80 valence electrons. The molecule has 0 aromatic carbocycles. The molecule has 0 rings (SSSR count). The van der Waals surface area contributed by atoms with Crippen LogP contribution in [0.1, 0.15) is 27.2 Å². The summed E-state index contributed by atoms with van der Waals surface area (Å²) in [4.78, 5) is 0. The van der Waals surface area contributed by atoms with Crippen molar-refractivity contribution in [2.45, 2.75) is 27.2 Å². The van der Waals surface area contributed by atoms with Gasteiger partial charge in [-0.1, -0.05) is 18.2 Å². The summed E-state index contributed by atoms with van der Waals surface area (Å²) >= 11 is 0. The Kier molecular flexibility index (Phi) is 6.63. The zero-order valence-electron chi connectivity index (χ0n) is 9.59. The maximum absolute atomic E-state index is 5.41. The van der Waals surface area contributed by atoms with E-state index in [0.717, 1.165) is 23.5 Å². The highest BCUT2D eigenvalue weighted by Gasteiger charge is 1.98. The van der Waals surface area contributed by atoms with E-state index in [1.165, 1.54) is 0 Å². The van der Waals surface area contributed by atoms with Crippen LogP contribution in [0.3, 0.4) is 0 Å². The Morgan fingerprint density at radius 1 is 1.36 bits per heavy atom. The normalized spacial score (nSPS) is 12.6. The first kappa shape index (κ1) is 12.8. The monoisotopic (exact) mass is 196 g/mol. The Morgan fingerprint density at radius 2 is 2.00 bits per heavy atom. The second-order valence-corrected chi connectivity index (χ2v) is 3.12. The SMILES string of the molecule is C=C(C)CC=C/C(OCC)=C(\C)OC. The minimum Gasteiger partial charge on any atom is -0.498 e. The molecular formula is C12H20O2. The van der Waals surface area contributed by atoms with E-state index >= 15 is 0 Å². The highest BCUT2D eigenvalue weighted by molar-refractivity contribution is 5.16. The average Bonchev–Trinajstić information content (AvgIpc) is 2.15. The molecule has 0 saturated carbocycles. The summed E-state index contributed by atoms with van der Waals surface area (Å²) in [7, 11) is 1.64. The molecule has 0 fully saturated rings. The van der Waals surface area contributed by atoms with Crippen LogP contribution in [0, 0.1) is 0 Å². The van der Waals surface area contributed by atoms with E-state index in [2.05, 4.69) is 6.58 Å². The molecule has 2 nitrogen and oxygen atoms in total. The number of allylic oxidation sites excluding steroid dienone is 4. The van der Waals surface area contributed by atoms with Gasteiger partial charge in [-0.25, -0.2) is 0 Å². The number of methoxy groups -OCH3 is 1. The first-order valence-electron chi connectivity index (χ1n) is 4.80. The van der Waals surface area contributed by atoms with Gasteiger partial charge in [-0.15, -0.1) is 0 Å². The van der Waals surface area contributed by atoms with Crippen molar-refractivity contribution in [3.63, 3.8) is 0 Å². The van der Waals surface area contributed by atoms with Crippen LogP contribution in [0.4, 0.5) is 0 Å². The summed E-state index contributed by atoms with van der Waals surface area (Å²) in [6.07, 6.45) is 4.82. The van der Waals surface area contributed by atoms with E-state index in [9.17, 15) is 0 Å². The van der Waals surface area contributed by atoms with Gasteiger partial charge >= 0.3 is 0 Å². The molecule has 2 heteroatoms. The van der Waals surface area contributed by atoms with Crippen molar-refractivity contribution in [3.05, 3.63) is 35.8 Å². The Labute approximate surface area is 86.9 Å². The van der Waals surface area contributed by atoms with Crippen LogP contribution in [-0.4, -0.2) is 13.7 Å². The lowest BCUT2D eigenvalue weighted by molar-refractivity contribution is 0.199. The van der Waals surface area contributed by atoms with Crippen LogP contribution in [0.5, 0.6) is 0 Å². The summed E-state index contributed by atoms with van der Waals surface area (Å²) in [5.74, 6) is 1.58. The van der Waals surface area contributed by atoms with Crippen LogP contribution in [-0.2, 0) is 9.47 Å². The van der Waals surface area contributed by atoms with E-state index < -0.39 is 0 Å². The third-order valence-corrected chi connectivity index (χ3v) is 1.69. The number of ether oxygens (including phenoxy) is 2. The molecular weight excluding hydrogens is 176 g/mol. The molecule has 0 aliphatic heterocycles. The van der Waals surface area contributed by atoms with Crippen LogP contribution in [0.15, 0.2) is 35.8 Å². The molecule has 0 bridgehead atoms. The lowest BCUT2D eigenvalue weighted by atomic mass is 10.2. The zero-order chi connectivity index (χ0) is 11.0. The lowest BCUT2D eigenvalue weighted by Crippen LogP contribution is -1.94. The Balaban J connectivity index is 4.37. The van der Waals surface area contributed by atoms with Crippen LogP contribution < -0.4 is 0 Å². The van der Waals surface area contributed by atoms with Crippen LogP contribution >= 0.6 is 0 Å². The topological polar surface area (TPSA) is 18.5 Å². The summed E-state index contributed by atoms with van der Waals surface area (Å²) in [6.45, 7) is 10.3. The number of rotatable bonds is 6. The van der Waals surface area contributed by atoms with Gasteiger partial charge in [0.1, 0.15) is 5.76 Å². The van der Waals surface area contributed by atoms with Crippen LogP contribution in [0.2, 0.25) is 0 Å². The van der Waals surface area contributed by atoms with Crippen molar-refractivity contribution in [3.8, 4) is 0 Å². The molecule has 0 amide bonds. The highest BCUT2D eigenvalue weighted by atomic mass is 16.5. The Morgan fingerprint density at radius 3 is 2.43 bits per heavy atom. The van der Waals surface area contributed by atoms with Gasteiger partial charge in [0.05, 0.1) is 13.7 Å². The van der Waals surface area contributed by atoms with Crippen molar-refractivity contribution < 1.29 is 9.47 Å². The molecule has 0 unspecified atom stereocenters. The summed E-state index contributed by atoms with van der Waals surface area (Å²) in [5.41, 5.74) is 1.13. The molecule has 0 aliphatic carbocycles. The van der Waals surface area contributed by atoms with E-state index in [1.807, 2.05) is 32.9 Å². The predicted octanol–water partition coefficient (Wildman–Crippen LogP) is 3.42. The second kappa shape index (κ2) is 7.25. The molecule has 0 spiro atoms. The molecule has 0 aliphatic rings. The smallest absolute Gasteiger partial charge is 0.156 e. The molecule has 0 aromatic heterocycles. The molecule has 0 radical (unpaired) electrons. The molecule has 14 heavy (non-hydrogen) atoms. The minimum absolute atomic E-state index is 0.646. The van der Waals surface area contributed by atoms with Gasteiger partial charge in [-0.2, -0.15) is 0 Å². The van der Waals surface area contributed by atoms with E-state index in [-0.39, 0.29) is 0 Å². The zero-order valence-corrected chi connectivity index (χ0v) is 9.59. The van der Waals surface area contributed by atoms with Crippen molar-refractivity contribution in [1.82, 2.24) is 0 Å². The van der Waals surface area contributed by atoms with Gasteiger partial charge < -0.3 is 9.47 Å². The van der Waals surface area contributed by atoms with Crippen molar-refractivity contribution in [1.29, 1.82) is 0 Å². The summed E-state index contributed by atoms with van der Waals surface area (Å²) < 4.78 is 10.5. The van der Waals surface area contributed by atoms with E-state index in [4.69, 9.17) is 9.47 Å². The fourth-order valence-electron chi connectivity index (χ4n) is 0.890. The standard InChI is InChI=1S/C12H20O2/c1-6-14-12(11(4)13-5)9-7-8-10(2)3/h7,9H,2,6,8H2,1,3-5H3/b9-7?,12-11-. The third kappa shape index (κ3) is 5.46. The second-order valence-electron chi connectivity index (χ2n) is 3.12. The third-order valence-electron chi connectivity index (χ3n) is 1.69. The largest absolute Gasteiger partial charge is 0.498 e. The van der Waals surface area contributed by atoms with E-state index in [0.29, 0.717) is 6.61 Å². The minimum atomic E-state index is 0.646. The number of hydrogen-bond acceptors (Lipinski definition) is 2. The molecule has 0 heterocycles. The maximum atomic E-state index is 5.41. The van der Waals surface area contributed by atoms with E-state index in [1.54, 1.807) is 7.11 Å². The van der Waals surface area contributed by atoms with Crippen LogP contribution in [0.25, 0.3) is 0 Å². The van der Waals surface area contributed by atoms with Crippen molar-refractivity contribution in [2.75, 3.05) is 13.7 Å². The summed E-state index contributed by atoms with van der Waals surface area (Å²) in [5, 5.41) is 0. The quantitative estimate of drug-likeness (QED) is 0.368. The van der Waals surface area contributed by atoms with Gasteiger partial charge in [0.25, 0.3) is 0 Å². The lowest BCUT2D eigenvalue weighted by Gasteiger charge is -2.07. The Bertz CT molecular complexity index is 237. The van der Waals surface area contributed by atoms with Crippen molar-refractivity contribution in [2.24, 2.45) is 0 Å². The number of hydrogen-bond donors (Lipinski definition) is 0. The van der Waals surface area contributed by atoms with Gasteiger partial charge in [-0.05, 0) is 33.3 Å². The van der Waals surface area contributed by atoms with Crippen molar-refractivity contribution >= 4 is 0 Å². The highest BCUT2D eigenvalue weighted by Crippen LogP contribution is 2.09. The van der Waals surface area contributed by atoms with Gasteiger partial charge in [-0.3, -0.25) is 0 Å². The molecule has 0 saturated heterocycles. The predicted molar refractivity (Wildman–Crippen MR) is 59.9 cm³/mol. The average molecular weight is 196 g/mol. The molecule has 0 N–H and O–H groups in total. The molecule has 0 atom stereocenters. The summed E-state index contributed by atoms with van der Waals surface area (Å²) in [6, 6.07) is 0. The molecule has 0 aromatic rings. The maximum Gasteiger partial charge on any atom is 0.156 e. The first-order chi connectivity index (χ1) is 6.61. The first-order valence-corrected chi connectivity index (χ1v) is 4.80. The fraction of sp³-hybridized carbons (Fsp3) is 0.500. The van der Waals surface area contributed by atoms with Gasteiger partial charge in [0.2, 0.25) is 0 Å². The van der Waals surface area contributed by atoms with Gasteiger partial charge in [0, 0.05) is 0 Å². The fourth-order valence-corrected chi connectivity index (χ4v) is 0.890.